The summed E-state index contributed by atoms with van der Waals surface area (Å²) in [4.78, 5) is 0. The van der Waals surface area contributed by atoms with Crippen molar-refractivity contribution in [2.24, 2.45) is 0 Å². The molecule has 3 nitrogen and oxygen atoms in total. The van der Waals surface area contributed by atoms with Crippen molar-refractivity contribution in [3.8, 4) is 0 Å². The summed E-state index contributed by atoms with van der Waals surface area (Å²) in [6.07, 6.45) is 1.76. The lowest BCUT2D eigenvalue weighted by atomic mass is 10.0. The number of halogens is 2. The van der Waals surface area contributed by atoms with E-state index in [1.165, 1.54) is 0 Å². The number of rotatable bonds is 4. The van der Waals surface area contributed by atoms with E-state index in [0.717, 1.165) is 28.6 Å². The van der Waals surface area contributed by atoms with E-state index in [-0.39, 0.29) is 0 Å². The van der Waals surface area contributed by atoms with Crippen LogP contribution in [-0.2, 0) is 6.54 Å². The topological polar surface area (TPSA) is 38.0 Å². The number of aliphatic hydroxyl groups is 1. The molecular formula is C14H16BrClN2O. The fraction of sp³-hybridized carbons (Fsp3) is 0.357. The third kappa shape index (κ3) is 3.19. The molecule has 0 aliphatic heterocycles. The van der Waals surface area contributed by atoms with Crippen LogP contribution in [-0.4, -0.2) is 14.9 Å². The number of hydrogen-bond acceptors (Lipinski definition) is 2. The van der Waals surface area contributed by atoms with Crippen LogP contribution in [0.25, 0.3) is 0 Å². The highest BCUT2D eigenvalue weighted by Crippen LogP contribution is 2.30. The molecular weight excluding hydrogens is 328 g/mol. The van der Waals surface area contributed by atoms with Crippen LogP contribution < -0.4 is 0 Å². The lowest BCUT2D eigenvalue weighted by Crippen LogP contribution is -2.10. The van der Waals surface area contributed by atoms with Crippen LogP contribution in [0.4, 0.5) is 0 Å². The second kappa shape index (κ2) is 6.07. The summed E-state index contributed by atoms with van der Waals surface area (Å²) >= 11 is 9.60. The molecule has 19 heavy (non-hydrogen) atoms. The standard InChI is InChI=1S/C14H16BrClN2O/c1-3-4-18-13(12(16)8-17-18)14(19)10-5-9(2)6-11(15)7-10/h5-8,14,19H,3-4H2,1-2H3. The molecule has 1 aromatic carbocycles. The highest BCUT2D eigenvalue weighted by molar-refractivity contribution is 9.10. The summed E-state index contributed by atoms with van der Waals surface area (Å²) in [6, 6.07) is 5.85. The Hall–Kier alpha value is -0.840. The van der Waals surface area contributed by atoms with Gasteiger partial charge >= 0.3 is 0 Å². The van der Waals surface area contributed by atoms with Gasteiger partial charge in [-0.2, -0.15) is 5.10 Å². The van der Waals surface area contributed by atoms with Crippen molar-refractivity contribution in [3.05, 3.63) is 50.7 Å². The van der Waals surface area contributed by atoms with Crippen molar-refractivity contribution in [3.63, 3.8) is 0 Å². The second-order valence-corrected chi connectivity index (χ2v) is 5.89. The molecule has 1 aromatic heterocycles. The molecule has 0 radical (unpaired) electrons. The first-order chi connectivity index (χ1) is 9.02. The van der Waals surface area contributed by atoms with E-state index in [2.05, 4.69) is 28.0 Å². The summed E-state index contributed by atoms with van der Waals surface area (Å²) in [5.74, 6) is 0. The minimum atomic E-state index is -0.766. The number of hydrogen-bond donors (Lipinski definition) is 1. The zero-order chi connectivity index (χ0) is 14.0. The van der Waals surface area contributed by atoms with Gasteiger partial charge < -0.3 is 5.11 Å². The molecule has 1 heterocycles. The Labute approximate surface area is 126 Å². The Morgan fingerprint density at radius 1 is 1.42 bits per heavy atom. The number of aliphatic hydroxyl groups excluding tert-OH is 1. The molecule has 0 aliphatic carbocycles. The Morgan fingerprint density at radius 3 is 2.79 bits per heavy atom. The van der Waals surface area contributed by atoms with E-state index in [0.29, 0.717) is 10.7 Å². The van der Waals surface area contributed by atoms with Crippen LogP contribution in [0.1, 0.15) is 36.3 Å². The van der Waals surface area contributed by atoms with Gasteiger partial charge in [-0.15, -0.1) is 0 Å². The highest BCUT2D eigenvalue weighted by atomic mass is 79.9. The molecule has 0 spiro atoms. The maximum Gasteiger partial charge on any atom is 0.122 e. The molecule has 0 saturated heterocycles. The maximum absolute atomic E-state index is 10.6. The van der Waals surface area contributed by atoms with Gasteiger partial charge in [0.15, 0.2) is 0 Å². The normalized spacial score (nSPS) is 12.7. The number of aryl methyl sites for hydroxylation is 2. The van der Waals surface area contributed by atoms with Crippen molar-refractivity contribution in [1.82, 2.24) is 9.78 Å². The fourth-order valence-electron chi connectivity index (χ4n) is 2.11. The fourth-order valence-corrected chi connectivity index (χ4v) is 2.98. The van der Waals surface area contributed by atoms with E-state index in [1.807, 2.05) is 25.1 Å². The largest absolute Gasteiger partial charge is 0.382 e. The summed E-state index contributed by atoms with van der Waals surface area (Å²) in [5.41, 5.74) is 2.55. The predicted molar refractivity (Wildman–Crippen MR) is 80.5 cm³/mol. The zero-order valence-corrected chi connectivity index (χ0v) is 13.2. The van der Waals surface area contributed by atoms with Crippen molar-refractivity contribution < 1.29 is 5.11 Å². The minimum Gasteiger partial charge on any atom is -0.382 e. The quantitative estimate of drug-likeness (QED) is 0.907. The van der Waals surface area contributed by atoms with Crippen LogP contribution in [0.3, 0.4) is 0 Å². The van der Waals surface area contributed by atoms with Gasteiger partial charge in [-0.3, -0.25) is 4.68 Å². The molecule has 2 aromatic rings. The lowest BCUT2D eigenvalue weighted by Gasteiger charge is -2.15. The smallest absolute Gasteiger partial charge is 0.122 e. The Balaban J connectivity index is 2.43. The van der Waals surface area contributed by atoms with Gasteiger partial charge in [-0.25, -0.2) is 0 Å². The van der Waals surface area contributed by atoms with Crippen molar-refractivity contribution >= 4 is 27.5 Å². The summed E-state index contributed by atoms with van der Waals surface area (Å²) in [6.45, 7) is 4.80. The summed E-state index contributed by atoms with van der Waals surface area (Å²) < 4.78 is 2.71. The van der Waals surface area contributed by atoms with Crippen LogP contribution in [0.5, 0.6) is 0 Å². The van der Waals surface area contributed by atoms with Gasteiger partial charge in [0.25, 0.3) is 0 Å². The molecule has 0 saturated carbocycles. The van der Waals surface area contributed by atoms with Gasteiger partial charge in [0, 0.05) is 11.0 Å². The number of nitrogens with zero attached hydrogens (tertiary/aromatic N) is 2. The van der Waals surface area contributed by atoms with Gasteiger partial charge in [-0.1, -0.05) is 40.5 Å². The monoisotopic (exact) mass is 342 g/mol. The van der Waals surface area contributed by atoms with Crippen LogP contribution >= 0.6 is 27.5 Å². The molecule has 1 N–H and O–H groups in total. The second-order valence-electron chi connectivity index (χ2n) is 4.57. The Kier molecular flexibility index (Phi) is 4.66. The van der Waals surface area contributed by atoms with E-state index in [4.69, 9.17) is 11.6 Å². The molecule has 102 valence electrons. The molecule has 0 bridgehead atoms. The molecule has 1 unspecified atom stereocenters. The third-order valence-corrected chi connectivity index (χ3v) is 3.66. The van der Waals surface area contributed by atoms with Crippen LogP contribution in [0.15, 0.2) is 28.9 Å². The van der Waals surface area contributed by atoms with Crippen molar-refractivity contribution in [2.45, 2.75) is 32.9 Å². The molecule has 2 rings (SSSR count). The van der Waals surface area contributed by atoms with Crippen LogP contribution in [0.2, 0.25) is 5.02 Å². The first kappa shape index (κ1) is 14.6. The Bertz CT molecular complexity index is 563. The first-order valence-electron chi connectivity index (χ1n) is 6.19. The predicted octanol–water partition coefficient (Wildman–Crippen LogP) is 4.10. The number of benzene rings is 1. The van der Waals surface area contributed by atoms with Crippen molar-refractivity contribution in [1.29, 1.82) is 0 Å². The zero-order valence-electron chi connectivity index (χ0n) is 10.9. The molecule has 5 heteroatoms. The Morgan fingerprint density at radius 2 is 2.16 bits per heavy atom. The van der Waals surface area contributed by atoms with E-state index in [1.54, 1.807) is 10.9 Å². The maximum atomic E-state index is 10.6. The SMILES string of the molecule is CCCn1ncc(Cl)c1C(O)c1cc(C)cc(Br)c1. The molecule has 1 atom stereocenters. The summed E-state index contributed by atoms with van der Waals surface area (Å²) in [7, 11) is 0. The van der Waals surface area contributed by atoms with E-state index >= 15 is 0 Å². The molecule has 0 aliphatic rings. The number of aromatic nitrogens is 2. The van der Waals surface area contributed by atoms with E-state index < -0.39 is 6.10 Å². The third-order valence-electron chi connectivity index (χ3n) is 2.91. The lowest BCUT2D eigenvalue weighted by molar-refractivity contribution is 0.207. The average Bonchev–Trinajstić information content (AvgIpc) is 2.69. The van der Waals surface area contributed by atoms with Crippen molar-refractivity contribution in [2.75, 3.05) is 0 Å². The van der Waals surface area contributed by atoms with Gasteiger partial charge in [0.1, 0.15) is 6.10 Å². The van der Waals surface area contributed by atoms with Gasteiger partial charge in [0.05, 0.1) is 16.9 Å². The van der Waals surface area contributed by atoms with Gasteiger partial charge in [0.2, 0.25) is 0 Å². The molecule has 0 amide bonds. The van der Waals surface area contributed by atoms with Gasteiger partial charge in [-0.05, 0) is 36.6 Å². The molecule has 0 fully saturated rings. The van der Waals surface area contributed by atoms with Crippen LogP contribution in [0, 0.1) is 6.92 Å². The first-order valence-corrected chi connectivity index (χ1v) is 7.36. The average molecular weight is 344 g/mol. The van der Waals surface area contributed by atoms with E-state index in [9.17, 15) is 5.11 Å². The highest BCUT2D eigenvalue weighted by Gasteiger charge is 2.20. The summed E-state index contributed by atoms with van der Waals surface area (Å²) in [5, 5.41) is 15.3. The minimum absolute atomic E-state index is 0.499.